The second-order valence-corrected chi connectivity index (χ2v) is 9.70. The van der Waals surface area contributed by atoms with Gasteiger partial charge in [-0.3, -0.25) is 0 Å². The molecule has 0 aromatic heterocycles. The highest BCUT2D eigenvalue weighted by molar-refractivity contribution is 7.92. The van der Waals surface area contributed by atoms with E-state index in [1.54, 1.807) is 26.0 Å². The highest BCUT2D eigenvalue weighted by Crippen LogP contribution is 2.28. The molecule has 1 heterocycles. The smallest absolute Gasteiger partial charge is 0.229 e. The van der Waals surface area contributed by atoms with E-state index in [2.05, 4.69) is 0 Å². The molecule has 21 heavy (non-hydrogen) atoms. The van der Waals surface area contributed by atoms with Gasteiger partial charge >= 0.3 is 0 Å². The fourth-order valence-corrected chi connectivity index (χ4v) is 6.58. The van der Waals surface area contributed by atoms with Gasteiger partial charge in [0.25, 0.3) is 0 Å². The van der Waals surface area contributed by atoms with Crippen LogP contribution in [0, 0.1) is 6.92 Å². The molecule has 0 aliphatic carbocycles. The van der Waals surface area contributed by atoms with Crippen LogP contribution in [0.15, 0.2) is 23.1 Å². The Labute approximate surface area is 130 Å². The Kier molecular flexibility index (Phi) is 4.68. The van der Waals surface area contributed by atoms with E-state index in [9.17, 15) is 16.8 Å². The molecule has 1 saturated heterocycles. The SMILES string of the molecule is CCN([C@H]1CCS(=O)(=O)C1)S(=O)(=O)c1cc(Cl)ccc1C. The zero-order valence-electron chi connectivity index (χ0n) is 11.9. The molecule has 1 aliphatic heterocycles. The minimum absolute atomic E-state index is 0.0399. The molecule has 0 unspecified atom stereocenters. The summed E-state index contributed by atoms with van der Waals surface area (Å²) < 4.78 is 50.1. The van der Waals surface area contributed by atoms with E-state index in [0.29, 0.717) is 17.0 Å². The van der Waals surface area contributed by atoms with E-state index in [1.807, 2.05) is 0 Å². The van der Waals surface area contributed by atoms with Crippen molar-refractivity contribution in [3.63, 3.8) is 0 Å². The standard InChI is InChI=1S/C13H18ClNO4S2/c1-3-15(12-6-7-20(16,17)9-12)21(18,19)13-8-11(14)5-4-10(13)2/h4-5,8,12H,3,6-7,9H2,1-2H3/t12-/m0/s1. The molecule has 1 fully saturated rings. The minimum Gasteiger partial charge on any atom is -0.229 e. The Bertz CT molecular complexity index is 743. The van der Waals surface area contributed by atoms with Crippen molar-refractivity contribution in [3.8, 4) is 0 Å². The van der Waals surface area contributed by atoms with Gasteiger partial charge in [0.15, 0.2) is 9.84 Å². The number of hydrogen-bond acceptors (Lipinski definition) is 4. The number of nitrogens with zero attached hydrogens (tertiary/aromatic N) is 1. The lowest BCUT2D eigenvalue weighted by Crippen LogP contribution is -2.41. The van der Waals surface area contributed by atoms with Crippen molar-refractivity contribution in [2.24, 2.45) is 0 Å². The maximum Gasteiger partial charge on any atom is 0.243 e. The molecule has 0 N–H and O–H groups in total. The minimum atomic E-state index is -3.75. The summed E-state index contributed by atoms with van der Waals surface area (Å²) >= 11 is 5.90. The number of aryl methyl sites for hydroxylation is 1. The van der Waals surface area contributed by atoms with Gasteiger partial charge in [0.1, 0.15) is 0 Å². The van der Waals surface area contributed by atoms with Crippen molar-refractivity contribution in [2.75, 3.05) is 18.1 Å². The van der Waals surface area contributed by atoms with Crippen LogP contribution in [-0.4, -0.2) is 45.2 Å². The maximum atomic E-state index is 12.8. The molecule has 1 atom stereocenters. The number of rotatable bonds is 4. The van der Waals surface area contributed by atoms with Crippen LogP contribution in [0.2, 0.25) is 5.02 Å². The monoisotopic (exact) mass is 351 g/mol. The second-order valence-electron chi connectivity index (χ2n) is 5.18. The molecule has 5 nitrogen and oxygen atoms in total. The molecular formula is C13H18ClNO4S2. The number of benzene rings is 1. The summed E-state index contributed by atoms with van der Waals surface area (Å²) in [5.74, 6) is -0.0715. The lowest BCUT2D eigenvalue weighted by molar-refractivity contribution is 0.354. The Hall–Kier alpha value is -0.630. The van der Waals surface area contributed by atoms with Crippen LogP contribution >= 0.6 is 11.6 Å². The van der Waals surface area contributed by atoms with Gasteiger partial charge in [-0.25, -0.2) is 16.8 Å². The fourth-order valence-electron chi connectivity index (χ4n) is 2.61. The molecule has 0 saturated carbocycles. The van der Waals surface area contributed by atoms with Crippen LogP contribution in [0.4, 0.5) is 0 Å². The van der Waals surface area contributed by atoms with Crippen molar-refractivity contribution in [1.82, 2.24) is 4.31 Å². The third-order valence-electron chi connectivity index (χ3n) is 3.66. The van der Waals surface area contributed by atoms with Crippen LogP contribution < -0.4 is 0 Å². The van der Waals surface area contributed by atoms with E-state index >= 15 is 0 Å². The number of hydrogen-bond donors (Lipinski definition) is 0. The number of sulfonamides is 1. The Morgan fingerprint density at radius 2 is 2.05 bits per heavy atom. The molecule has 0 spiro atoms. The lowest BCUT2D eigenvalue weighted by Gasteiger charge is -2.26. The van der Waals surface area contributed by atoms with E-state index in [4.69, 9.17) is 11.6 Å². The Morgan fingerprint density at radius 3 is 2.57 bits per heavy atom. The summed E-state index contributed by atoms with van der Waals surface area (Å²) in [4.78, 5) is 0.140. The first-order valence-corrected chi connectivity index (χ1v) is 10.3. The summed E-state index contributed by atoms with van der Waals surface area (Å²) in [6.07, 6.45) is 0.342. The lowest BCUT2D eigenvalue weighted by atomic mass is 10.2. The van der Waals surface area contributed by atoms with Gasteiger partial charge in [-0.2, -0.15) is 4.31 Å². The third kappa shape index (κ3) is 3.41. The van der Waals surface area contributed by atoms with Crippen LogP contribution in [-0.2, 0) is 19.9 Å². The van der Waals surface area contributed by atoms with Gasteiger partial charge in [-0.1, -0.05) is 24.6 Å². The van der Waals surface area contributed by atoms with Crippen LogP contribution in [0.5, 0.6) is 0 Å². The zero-order valence-corrected chi connectivity index (χ0v) is 14.3. The third-order valence-corrected chi connectivity index (χ3v) is 7.82. The summed E-state index contributed by atoms with van der Waals surface area (Å²) in [5.41, 5.74) is 0.596. The van der Waals surface area contributed by atoms with E-state index < -0.39 is 25.9 Å². The van der Waals surface area contributed by atoms with Crippen molar-refractivity contribution in [3.05, 3.63) is 28.8 Å². The second kappa shape index (κ2) is 5.87. The molecule has 2 rings (SSSR count). The first-order chi connectivity index (χ1) is 9.67. The van der Waals surface area contributed by atoms with Gasteiger partial charge in [0.2, 0.25) is 10.0 Å². The summed E-state index contributed by atoms with van der Waals surface area (Å²) in [7, 11) is -6.90. The highest BCUT2D eigenvalue weighted by atomic mass is 35.5. The molecular weight excluding hydrogens is 334 g/mol. The van der Waals surface area contributed by atoms with Crippen molar-refractivity contribution < 1.29 is 16.8 Å². The zero-order chi connectivity index (χ0) is 15.8. The quantitative estimate of drug-likeness (QED) is 0.829. The predicted octanol–water partition coefficient (Wildman–Crippen LogP) is 1.85. The molecule has 1 aliphatic rings. The Balaban J connectivity index is 2.43. The Morgan fingerprint density at radius 1 is 1.38 bits per heavy atom. The predicted molar refractivity (Wildman–Crippen MR) is 82.8 cm³/mol. The molecule has 1 aromatic carbocycles. The van der Waals surface area contributed by atoms with E-state index in [1.165, 1.54) is 10.4 Å². The van der Waals surface area contributed by atoms with Gasteiger partial charge in [0, 0.05) is 17.6 Å². The maximum absolute atomic E-state index is 12.8. The van der Waals surface area contributed by atoms with E-state index in [0.717, 1.165) is 0 Å². The molecule has 0 bridgehead atoms. The van der Waals surface area contributed by atoms with Crippen LogP contribution in [0.3, 0.4) is 0 Å². The number of halogens is 1. The molecule has 0 amide bonds. The normalized spacial score (nSPS) is 21.8. The van der Waals surface area contributed by atoms with Crippen LogP contribution in [0.1, 0.15) is 18.9 Å². The first kappa shape index (κ1) is 16.7. The molecule has 1 aromatic rings. The number of sulfone groups is 1. The summed E-state index contributed by atoms with van der Waals surface area (Å²) in [5, 5.41) is 0.342. The van der Waals surface area contributed by atoms with Gasteiger partial charge in [-0.05, 0) is 31.0 Å². The average molecular weight is 352 g/mol. The van der Waals surface area contributed by atoms with Gasteiger partial charge < -0.3 is 0 Å². The van der Waals surface area contributed by atoms with Crippen molar-refractivity contribution in [2.45, 2.75) is 31.2 Å². The van der Waals surface area contributed by atoms with Crippen LogP contribution in [0.25, 0.3) is 0 Å². The average Bonchev–Trinajstić information content (AvgIpc) is 2.73. The fraction of sp³-hybridized carbons (Fsp3) is 0.538. The van der Waals surface area contributed by atoms with E-state index in [-0.39, 0.29) is 22.9 Å². The van der Waals surface area contributed by atoms with Crippen molar-refractivity contribution >= 4 is 31.5 Å². The largest absolute Gasteiger partial charge is 0.243 e. The molecule has 118 valence electrons. The molecule has 0 radical (unpaired) electrons. The topological polar surface area (TPSA) is 71.5 Å². The first-order valence-electron chi connectivity index (χ1n) is 6.66. The van der Waals surface area contributed by atoms with Crippen molar-refractivity contribution in [1.29, 1.82) is 0 Å². The highest BCUT2D eigenvalue weighted by Gasteiger charge is 2.38. The summed E-state index contributed by atoms with van der Waals surface area (Å²) in [6, 6.07) is 4.20. The molecule has 8 heteroatoms. The van der Waals surface area contributed by atoms with Gasteiger partial charge in [0.05, 0.1) is 16.4 Å². The van der Waals surface area contributed by atoms with Gasteiger partial charge in [-0.15, -0.1) is 0 Å². The summed E-state index contributed by atoms with van der Waals surface area (Å²) in [6.45, 7) is 3.64.